The number of amides is 1. The number of hydrogen-bond acceptors (Lipinski definition) is 3. The zero-order valence-corrected chi connectivity index (χ0v) is 15.8. The number of benzene rings is 2. The van der Waals surface area contributed by atoms with E-state index in [9.17, 15) is 4.79 Å². The van der Waals surface area contributed by atoms with Gasteiger partial charge in [-0.05, 0) is 54.7 Å². The van der Waals surface area contributed by atoms with Crippen LogP contribution in [0.3, 0.4) is 0 Å². The number of fused-ring (bicyclic) bond motifs is 1. The van der Waals surface area contributed by atoms with E-state index in [2.05, 4.69) is 58.2 Å². The van der Waals surface area contributed by atoms with Gasteiger partial charge in [-0.3, -0.25) is 4.79 Å². The van der Waals surface area contributed by atoms with Crippen LogP contribution < -0.4 is 5.32 Å². The van der Waals surface area contributed by atoms with Crippen LogP contribution in [0.2, 0.25) is 0 Å². The molecule has 4 rings (SSSR count). The molecule has 0 unspecified atom stereocenters. The van der Waals surface area contributed by atoms with E-state index < -0.39 is 0 Å². The third kappa shape index (κ3) is 3.92. The molecule has 27 heavy (non-hydrogen) atoms. The summed E-state index contributed by atoms with van der Waals surface area (Å²) in [7, 11) is 0. The highest BCUT2D eigenvalue weighted by molar-refractivity contribution is 5.92. The molecular formula is C22H24N4O. The largest absolute Gasteiger partial charge is 0.326 e. The Morgan fingerprint density at radius 1 is 1.19 bits per heavy atom. The molecule has 1 atom stereocenters. The molecule has 0 bridgehead atoms. The van der Waals surface area contributed by atoms with Crippen molar-refractivity contribution in [2.24, 2.45) is 0 Å². The molecule has 0 saturated heterocycles. The van der Waals surface area contributed by atoms with E-state index >= 15 is 0 Å². The second-order valence-corrected chi connectivity index (χ2v) is 7.40. The number of anilines is 1. The quantitative estimate of drug-likeness (QED) is 0.770. The van der Waals surface area contributed by atoms with Crippen LogP contribution in [-0.2, 0) is 24.2 Å². The lowest BCUT2D eigenvalue weighted by Crippen LogP contribution is -2.19. The average Bonchev–Trinajstić information content (AvgIpc) is 3.12. The standard InChI is InChI=1S/C22H24N4O/c1-15-6-7-17(10-16(15)2)11-22(27)24-20-5-3-4-18(12-20)19-8-9-21-25-23-14-26(21)13-19/h3-7,10,12,14,19H,8-9,11,13H2,1-2H3,(H,24,27)/t19-/m0/s1. The maximum atomic E-state index is 12.5. The molecule has 1 aliphatic rings. The smallest absolute Gasteiger partial charge is 0.228 e. The zero-order chi connectivity index (χ0) is 18.8. The molecule has 0 spiro atoms. The van der Waals surface area contributed by atoms with E-state index in [1.165, 1.54) is 16.7 Å². The van der Waals surface area contributed by atoms with Gasteiger partial charge in [0, 0.05) is 24.6 Å². The third-order valence-electron chi connectivity index (χ3n) is 5.41. The van der Waals surface area contributed by atoms with Crippen LogP contribution in [0.4, 0.5) is 5.69 Å². The second kappa shape index (κ2) is 7.35. The fraction of sp³-hybridized carbons (Fsp3) is 0.318. The van der Waals surface area contributed by atoms with E-state index in [0.29, 0.717) is 12.3 Å². The van der Waals surface area contributed by atoms with Crippen LogP contribution in [0.5, 0.6) is 0 Å². The first-order chi connectivity index (χ1) is 13.1. The Bertz CT molecular complexity index is 976. The van der Waals surface area contributed by atoms with Crippen molar-refractivity contribution in [2.45, 2.75) is 45.6 Å². The summed E-state index contributed by atoms with van der Waals surface area (Å²) in [5.41, 5.74) is 5.61. The average molecular weight is 360 g/mol. The van der Waals surface area contributed by atoms with E-state index in [4.69, 9.17) is 0 Å². The minimum atomic E-state index is 0.0140. The van der Waals surface area contributed by atoms with Crippen molar-refractivity contribution in [1.29, 1.82) is 0 Å². The summed E-state index contributed by atoms with van der Waals surface area (Å²) in [4.78, 5) is 12.5. The van der Waals surface area contributed by atoms with Gasteiger partial charge in [-0.2, -0.15) is 0 Å². The molecular weight excluding hydrogens is 336 g/mol. The fourth-order valence-corrected chi connectivity index (χ4v) is 3.70. The molecule has 3 aromatic rings. The number of carbonyl (C=O) groups is 1. The maximum Gasteiger partial charge on any atom is 0.228 e. The fourth-order valence-electron chi connectivity index (χ4n) is 3.70. The van der Waals surface area contributed by atoms with Gasteiger partial charge >= 0.3 is 0 Å². The summed E-state index contributed by atoms with van der Waals surface area (Å²) in [5.74, 6) is 1.49. The van der Waals surface area contributed by atoms with Crippen LogP contribution in [0.15, 0.2) is 48.8 Å². The molecule has 2 aromatic carbocycles. The molecule has 5 heteroatoms. The van der Waals surface area contributed by atoms with Crippen molar-refractivity contribution in [2.75, 3.05) is 5.32 Å². The Kier molecular flexibility index (Phi) is 4.75. The first kappa shape index (κ1) is 17.5. The number of carbonyl (C=O) groups excluding carboxylic acids is 1. The zero-order valence-electron chi connectivity index (χ0n) is 15.8. The SMILES string of the molecule is Cc1ccc(CC(=O)Nc2cccc([C@H]3CCc4nncn4C3)c2)cc1C. The number of hydrogen-bond donors (Lipinski definition) is 1. The highest BCUT2D eigenvalue weighted by Crippen LogP contribution is 2.29. The molecule has 0 saturated carbocycles. The predicted octanol–water partition coefficient (Wildman–Crippen LogP) is 3.81. The van der Waals surface area contributed by atoms with Gasteiger partial charge in [0.05, 0.1) is 6.42 Å². The van der Waals surface area contributed by atoms with Crippen molar-refractivity contribution in [1.82, 2.24) is 14.8 Å². The van der Waals surface area contributed by atoms with Gasteiger partial charge in [-0.15, -0.1) is 10.2 Å². The van der Waals surface area contributed by atoms with Gasteiger partial charge in [0.25, 0.3) is 0 Å². The van der Waals surface area contributed by atoms with E-state index in [-0.39, 0.29) is 5.91 Å². The minimum absolute atomic E-state index is 0.0140. The van der Waals surface area contributed by atoms with Crippen LogP contribution >= 0.6 is 0 Å². The van der Waals surface area contributed by atoms with Crippen LogP contribution in [0.1, 0.15) is 40.4 Å². The molecule has 5 nitrogen and oxygen atoms in total. The number of rotatable bonds is 4. The molecule has 1 N–H and O–H groups in total. The van der Waals surface area contributed by atoms with Gasteiger partial charge in [0.2, 0.25) is 5.91 Å². The highest BCUT2D eigenvalue weighted by atomic mass is 16.1. The van der Waals surface area contributed by atoms with E-state index in [0.717, 1.165) is 36.5 Å². The van der Waals surface area contributed by atoms with Crippen LogP contribution in [0.25, 0.3) is 0 Å². The summed E-state index contributed by atoms with van der Waals surface area (Å²) in [6.45, 7) is 5.05. The molecule has 1 amide bonds. The van der Waals surface area contributed by atoms with E-state index in [1.807, 2.05) is 18.2 Å². The van der Waals surface area contributed by atoms with Crippen molar-refractivity contribution in [3.05, 3.63) is 76.9 Å². The normalized spacial score (nSPS) is 16.0. The molecule has 1 aliphatic heterocycles. The summed E-state index contributed by atoms with van der Waals surface area (Å²) < 4.78 is 2.12. The molecule has 0 fully saturated rings. The Labute approximate surface area is 159 Å². The number of aromatic nitrogens is 3. The molecule has 0 radical (unpaired) electrons. The first-order valence-corrected chi connectivity index (χ1v) is 9.41. The Morgan fingerprint density at radius 3 is 2.93 bits per heavy atom. The van der Waals surface area contributed by atoms with Crippen LogP contribution in [0, 0.1) is 13.8 Å². The van der Waals surface area contributed by atoms with E-state index in [1.54, 1.807) is 6.33 Å². The summed E-state index contributed by atoms with van der Waals surface area (Å²) in [5, 5.41) is 11.2. The molecule has 1 aromatic heterocycles. The molecule has 2 heterocycles. The summed E-state index contributed by atoms with van der Waals surface area (Å²) in [6.07, 6.45) is 4.18. The van der Waals surface area contributed by atoms with Crippen molar-refractivity contribution >= 4 is 11.6 Å². The number of aryl methyl sites for hydroxylation is 3. The third-order valence-corrected chi connectivity index (χ3v) is 5.41. The number of nitrogens with one attached hydrogen (secondary N) is 1. The number of nitrogens with zero attached hydrogens (tertiary/aromatic N) is 3. The van der Waals surface area contributed by atoms with Crippen molar-refractivity contribution in [3.63, 3.8) is 0 Å². The Balaban J connectivity index is 1.43. The second-order valence-electron chi connectivity index (χ2n) is 7.40. The highest BCUT2D eigenvalue weighted by Gasteiger charge is 2.21. The molecule has 0 aliphatic carbocycles. The first-order valence-electron chi connectivity index (χ1n) is 9.41. The summed E-state index contributed by atoms with van der Waals surface area (Å²) >= 11 is 0. The summed E-state index contributed by atoms with van der Waals surface area (Å²) in [6, 6.07) is 14.4. The lowest BCUT2D eigenvalue weighted by molar-refractivity contribution is -0.115. The molecule has 138 valence electrons. The minimum Gasteiger partial charge on any atom is -0.326 e. The van der Waals surface area contributed by atoms with Gasteiger partial charge in [0.15, 0.2) is 0 Å². The van der Waals surface area contributed by atoms with Gasteiger partial charge in [-0.1, -0.05) is 30.3 Å². The van der Waals surface area contributed by atoms with Gasteiger partial charge < -0.3 is 9.88 Å². The van der Waals surface area contributed by atoms with Gasteiger partial charge in [-0.25, -0.2) is 0 Å². The Morgan fingerprint density at radius 2 is 2.07 bits per heavy atom. The van der Waals surface area contributed by atoms with Gasteiger partial charge in [0.1, 0.15) is 12.2 Å². The monoisotopic (exact) mass is 360 g/mol. The van der Waals surface area contributed by atoms with Crippen LogP contribution in [-0.4, -0.2) is 20.7 Å². The maximum absolute atomic E-state index is 12.5. The lowest BCUT2D eigenvalue weighted by atomic mass is 9.91. The van der Waals surface area contributed by atoms with Crippen molar-refractivity contribution in [3.8, 4) is 0 Å². The predicted molar refractivity (Wildman–Crippen MR) is 106 cm³/mol. The Hall–Kier alpha value is -2.95. The van der Waals surface area contributed by atoms with Crippen molar-refractivity contribution < 1.29 is 4.79 Å². The lowest BCUT2D eigenvalue weighted by Gasteiger charge is -2.23. The topological polar surface area (TPSA) is 59.8 Å².